The van der Waals surface area contributed by atoms with E-state index in [0.29, 0.717) is 18.8 Å². The number of carbonyl (C=O) groups excluding carboxylic acids is 1. The number of aryl methyl sites for hydroxylation is 1. The first-order valence-corrected chi connectivity index (χ1v) is 12.9. The molecule has 186 valence electrons. The highest BCUT2D eigenvalue weighted by molar-refractivity contribution is 5.75. The standard InChI is InChI=1S/C19H22N2.C11H23NO/c1-3-18-10-7-13-21(19(18)11-4-5-12-20)15-17-9-6-8-16(2)14-17;1-4-6-8-10(7-5-2)9-11(13)12-3/h3-4,6,8-9,11,14H,1,5,7,10,13,15H2,2H3;10H,4-9H2,1-3H3,(H,12,13)/b11-4-;. The Morgan fingerprint density at radius 2 is 2.09 bits per heavy atom. The van der Waals surface area contributed by atoms with Crippen LogP contribution >= 0.6 is 0 Å². The Bertz CT molecular complexity index is 847. The van der Waals surface area contributed by atoms with Gasteiger partial charge in [0.1, 0.15) is 0 Å². The normalized spacial score (nSPS) is 14.3. The number of carbonyl (C=O) groups is 1. The molecule has 0 bridgehead atoms. The van der Waals surface area contributed by atoms with Crippen molar-refractivity contribution >= 4 is 5.91 Å². The van der Waals surface area contributed by atoms with Gasteiger partial charge in [-0.15, -0.1) is 0 Å². The van der Waals surface area contributed by atoms with Gasteiger partial charge in [0.2, 0.25) is 5.91 Å². The van der Waals surface area contributed by atoms with E-state index in [0.717, 1.165) is 25.9 Å². The van der Waals surface area contributed by atoms with E-state index in [9.17, 15) is 4.79 Å². The van der Waals surface area contributed by atoms with Crippen LogP contribution in [0.25, 0.3) is 0 Å². The van der Waals surface area contributed by atoms with E-state index in [1.807, 2.05) is 12.2 Å². The minimum atomic E-state index is 0.189. The smallest absolute Gasteiger partial charge is 0.220 e. The molecular weight excluding hydrogens is 418 g/mol. The lowest BCUT2D eigenvalue weighted by atomic mass is 9.93. The third-order valence-electron chi connectivity index (χ3n) is 6.15. The minimum absolute atomic E-state index is 0.189. The molecule has 34 heavy (non-hydrogen) atoms. The molecule has 0 aromatic heterocycles. The fourth-order valence-electron chi connectivity index (χ4n) is 4.36. The molecule has 4 heteroatoms. The van der Waals surface area contributed by atoms with Gasteiger partial charge < -0.3 is 10.2 Å². The van der Waals surface area contributed by atoms with Gasteiger partial charge in [-0.1, -0.05) is 88.1 Å². The Hall–Kier alpha value is -2.80. The Morgan fingerprint density at radius 3 is 2.71 bits per heavy atom. The topological polar surface area (TPSA) is 56.1 Å². The highest BCUT2D eigenvalue weighted by Gasteiger charge is 2.16. The summed E-state index contributed by atoms with van der Waals surface area (Å²) in [7, 11) is 1.71. The van der Waals surface area contributed by atoms with Gasteiger partial charge in [-0.3, -0.25) is 4.79 Å². The van der Waals surface area contributed by atoms with Crippen molar-refractivity contribution in [3.8, 4) is 6.07 Å². The van der Waals surface area contributed by atoms with Crippen LogP contribution in [0.3, 0.4) is 0 Å². The zero-order valence-corrected chi connectivity index (χ0v) is 21.9. The second kappa shape index (κ2) is 17.6. The van der Waals surface area contributed by atoms with Crippen LogP contribution < -0.4 is 5.32 Å². The lowest BCUT2D eigenvalue weighted by Crippen LogP contribution is -2.27. The number of benzene rings is 1. The monoisotopic (exact) mass is 463 g/mol. The van der Waals surface area contributed by atoms with Crippen LogP contribution in [-0.2, 0) is 11.3 Å². The van der Waals surface area contributed by atoms with Crippen molar-refractivity contribution in [1.29, 1.82) is 5.26 Å². The highest BCUT2D eigenvalue weighted by Crippen LogP contribution is 2.26. The summed E-state index contributed by atoms with van der Waals surface area (Å²) in [5, 5.41) is 11.4. The van der Waals surface area contributed by atoms with Gasteiger partial charge in [0, 0.05) is 32.3 Å². The van der Waals surface area contributed by atoms with Crippen molar-refractivity contribution in [1.82, 2.24) is 10.2 Å². The Balaban J connectivity index is 0.000000385. The number of nitrogens with one attached hydrogen (secondary N) is 1. The van der Waals surface area contributed by atoms with Crippen molar-refractivity contribution in [2.24, 2.45) is 5.92 Å². The second-order valence-electron chi connectivity index (χ2n) is 9.07. The summed E-state index contributed by atoms with van der Waals surface area (Å²) in [6, 6.07) is 10.8. The average Bonchev–Trinajstić information content (AvgIpc) is 2.84. The molecule has 2 rings (SSSR count). The van der Waals surface area contributed by atoms with E-state index in [-0.39, 0.29) is 5.91 Å². The molecule has 0 radical (unpaired) electrons. The molecule has 0 spiro atoms. The molecule has 1 heterocycles. The summed E-state index contributed by atoms with van der Waals surface area (Å²) in [4.78, 5) is 13.5. The number of allylic oxidation sites excluding steroid dienone is 4. The molecule has 0 aliphatic carbocycles. The van der Waals surface area contributed by atoms with Crippen LogP contribution in [0.15, 0.2) is 60.3 Å². The Morgan fingerprint density at radius 1 is 1.29 bits per heavy atom. The molecule has 0 fully saturated rings. The Labute approximate surface area is 208 Å². The maximum atomic E-state index is 11.1. The number of nitriles is 1. The SMILES string of the molecule is C=CC1=C(/C=C\CC#N)N(Cc2cccc(C)c2)CCC1.CCCCC(CCC)CC(=O)NC. The molecule has 1 aromatic carbocycles. The zero-order valence-electron chi connectivity index (χ0n) is 21.9. The number of nitrogens with zero attached hydrogens (tertiary/aromatic N) is 2. The summed E-state index contributed by atoms with van der Waals surface area (Å²) in [6.45, 7) is 12.4. The van der Waals surface area contributed by atoms with E-state index in [1.54, 1.807) is 7.05 Å². The van der Waals surface area contributed by atoms with Crippen molar-refractivity contribution < 1.29 is 4.79 Å². The molecule has 0 saturated carbocycles. The van der Waals surface area contributed by atoms with Gasteiger partial charge in [0.25, 0.3) is 0 Å². The quantitative estimate of drug-likeness (QED) is 0.356. The zero-order chi connectivity index (χ0) is 25.2. The van der Waals surface area contributed by atoms with Gasteiger partial charge in [0.15, 0.2) is 0 Å². The predicted octanol–water partition coefficient (Wildman–Crippen LogP) is 7.23. The fraction of sp³-hybridized carbons (Fsp3) is 0.533. The maximum Gasteiger partial charge on any atom is 0.220 e. The van der Waals surface area contributed by atoms with Crippen LogP contribution in [0.5, 0.6) is 0 Å². The molecule has 1 aromatic rings. The van der Waals surface area contributed by atoms with Gasteiger partial charge >= 0.3 is 0 Å². The van der Waals surface area contributed by atoms with Crippen molar-refractivity contribution in [3.63, 3.8) is 0 Å². The summed E-state index contributed by atoms with van der Waals surface area (Å²) in [6.07, 6.45) is 15.4. The summed E-state index contributed by atoms with van der Waals surface area (Å²) in [5.41, 5.74) is 5.11. The van der Waals surface area contributed by atoms with E-state index in [4.69, 9.17) is 5.26 Å². The summed E-state index contributed by atoms with van der Waals surface area (Å²) >= 11 is 0. The fourth-order valence-corrected chi connectivity index (χ4v) is 4.36. The number of hydrogen-bond acceptors (Lipinski definition) is 3. The maximum absolute atomic E-state index is 11.1. The number of rotatable bonds is 12. The van der Waals surface area contributed by atoms with Crippen LogP contribution in [0.4, 0.5) is 0 Å². The molecule has 1 atom stereocenters. The third-order valence-corrected chi connectivity index (χ3v) is 6.15. The van der Waals surface area contributed by atoms with Crippen molar-refractivity contribution in [3.05, 3.63) is 71.5 Å². The average molecular weight is 464 g/mol. The van der Waals surface area contributed by atoms with E-state index in [2.05, 4.69) is 74.0 Å². The molecule has 1 aliphatic heterocycles. The van der Waals surface area contributed by atoms with Gasteiger partial charge in [-0.05, 0) is 49.3 Å². The highest BCUT2D eigenvalue weighted by atomic mass is 16.1. The molecule has 1 N–H and O–H groups in total. The first kappa shape index (κ1) is 29.2. The molecular formula is C30H45N3O. The van der Waals surface area contributed by atoms with Gasteiger partial charge in [0.05, 0.1) is 12.5 Å². The lowest BCUT2D eigenvalue weighted by Gasteiger charge is -2.32. The summed E-state index contributed by atoms with van der Waals surface area (Å²) in [5.74, 6) is 0.791. The number of unbranched alkanes of at least 4 members (excludes halogenated alkanes) is 1. The second-order valence-corrected chi connectivity index (χ2v) is 9.07. The van der Waals surface area contributed by atoms with E-state index < -0.39 is 0 Å². The minimum Gasteiger partial charge on any atom is -0.367 e. The predicted molar refractivity (Wildman–Crippen MR) is 144 cm³/mol. The van der Waals surface area contributed by atoms with E-state index in [1.165, 1.54) is 54.5 Å². The largest absolute Gasteiger partial charge is 0.367 e. The first-order valence-electron chi connectivity index (χ1n) is 12.9. The molecule has 1 aliphatic rings. The molecule has 4 nitrogen and oxygen atoms in total. The number of hydrogen-bond donors (Lipinski definition) is 1. The van der Waals surface area contributed by atoms with Crippen LogP contribution in [-0.4, -0.2) is 24.4 Å². The van der Waals surface area contributed by atoms with Crippen molar-refractivity contribution in [2.45, 2.75) is 85.1 Å². The van der Waals surface area contributed by atoms with Gasteiger partial charge in [-0.25, -0.2) is 0 Å². The molecule has 1 unspecified atom stereocenters. The van der Waals surface area contributed by atoms with Gasteiger partial charge in [-0.2, -0.15) is 5.26 Å². The van der Waals surface area contributed by atoms with E-state index >= 15 is 0 Å². The molecule has 1 amide bonds. The van der Waals surface area contributed by atoms with Crippen LogP contribution in [0, 0.1) is 24.2 Å². The first-order chi connectivity index (χ1) is 16.5. The number of amides is 1. The molecule has 0 saturated heterocycles. The van der Waals surface area contributed by atoms with Crippen LogP contribution in [0.1, 0.15) is 82.8 Å². The Kier molecular flexibility index (Phi) is 15.2. The lowest BCUT2D eigenvalue weighted by molar-refractivity contribution is -0.121. The summed E-state index contributed by atoms with van der Waals surface area (Å²) < 4.78 is 0. The third kappa shape index (κ3) is 11.4. The van der Waals surface area contributed by atoms with Crippen molar-refractivity contribution in [2.75, 3.05) is 13.6 Å². The van der Waals surface area contributed by atoms with Crippen LogP contribution in [0.2, 0.25) is 0 Å².